The van der Waals surface area contributed by atoms with Crippen LogP contribution in [0, 0.1) is 11.8 Å². The number of hydrogen-bond acceptors (Lipinski definition) is 4. The monoisotopic (exact) mass is 278 g/mol. The number of hydrogen-bond donors (Lipinski definition) is 0. The van der Waals surface area contributed by atoms with Gasteiger partial charge in [-0.25, -0.2) is 0 Å². The molecule has 0 aliphatic carbocycles. The molecule has 0 saturated carbocycles. The van der Waals surface area contributed by atoms with Gasteiger partial charge in [0.1, 0.15) is 11.5 Å². The van der Waals surface area contributed by atoms with E-state index in [4.69, 9.17) is 9.47 Å². The maximum absolute atomic E-state index is 11.7. The smallest absolute Gasteiger partial charge is 0.314 e. The fourth-order valence-electron chi connectivity index (χ4n) is 1.37. The summed E-state index contributed by atoms with van der Waals surface area (Å²) < 4.78 is 10.5. The van der Waals surface area contributed by atoms with E-state index in [1.807, 2.05) is 27.7 Å². The van der Waals surface area contributed by atoms with Crippen molar-refractivity contribution in [2.24, 2.45) is 11.8 Å². The van der Waals surface area contributed by atoms with Crippen LogP contribution in [0.5, 0.6) is 11.5 Å². The molecule has 0 aromatic heterocycles. The standard InChI is InChI=1S/C16H22O4/c1-5-11(3)15(17)19-13-8-7-9-14(10-13)20-16(18)12(4)6-2/h7-12H,5-6H2,1-4H3. The summed E-state index contributed by atoms with van der Waals surface area (Å²) in [6.45, 7) is 7.48. The summed E-state index contributed by atoms with van der Waals surface area (Å²) in [6.07, 6.45) is 1.45. The first kappa shape index (κ1) is 16.2. The lowest BCUT2D eigenvalue weighted by Crippen LogP contribution is -2.18. The van der Waals surface area contributed by atoms with Gasteiger partial charge in [-0.2, -0.15) is 0 Å². The van der Waals surface area contributed by atoms with Gasteiger partial charge in [0.05, 0.1) is 11.8 Å². The van der Waals surface area contributed by atoms with Crippen LogP contribution in [0.4, 0.5) is 0 Å². The van der Waals surface area contributed by atoms with Gasteiger partial charge in [-0.05, 0) is 25.0 Å². The Labute approximate surface area is 120 Å². The van der Waals surface area contributed by atoms with Crippen molar-refractivity contribution >= 4 is 11.9 Å². The van der Waals surface area contributed by atoms with Gasteiger partial charge < -0.3 is 9.47 Å². The van der Waals surface area contributed by atoms with Crippen molar-refractivity contribution in [1.82, 2.24) is 0 Å². The number of rotatable bonds is 6. The van der Waals surface area contributed by atoms with E-state index in [0.717, 1.165) is 12.8 Å². The number of esters is 2. The lowest BCUT2D eigenvalue weighted by Gasteiger charge is -2.11. The Hall–Kier alpha value is -1.84. The van der Waals surface area contributed by atoms with Crippen LogP contribution in [0.15, 0.2) is 24.3 Å². The van der Waals surface area contributed by atoms with E-state index >= 15 is 0 Å². The van der Waals surface area contributed by atoms with Gasteiger partial charge in [-0.1, -0.05) is 33.8 Å². The molecule has 0 spiro atoms. The van der Waals surface area contributed by atoms with E-state index in [1.165, 1.54) is 0 Å². The Morgan fingerprint density at radius 1 is 0.950 bits per heavy atom. The molecule has 0 heterocycles. The number of benzene rings is 1. The summed E-state index contributed by atoms with van der Waals surface area (Å²) in [5, 5.41) is 0. The van der Waals surface area contributed by atoms with Gasteiger partial charge >= 0.3 is 11.9 Å². The van der Waals surface area contributed by atoms with Crippen molar-refractivity contribution < 1.29 is 19.1 Å². The zero-order valence-electron chi connectivity index (χ0n) is 12.5. The first-order valence-corrected chi connectivity index (χ1v) is 7.01. The highest BCUT2D eigenvalue weighted by molar-refractivity contribution is 5.76. The van der Waals surface area contributed by atoms with Crippen LogP contribution in [0.2, 0.25) is 0 Å². The van der Waals surface area contributed by atoms with Crippen molar-refractivity contribution in [2.75, 3.05) is 0 Å². The van der Waals surface area contributed by atoms with Crippen LogP contribution < -0.4 is 9.47 Å². The molecule has 0 aliphatic rings. The van der Waals surface area contributed by atoms with Crippen molar-refractivity contribution in [3.05, 3.63) is 24.3 Å². The van der Waals surface area contributed by atoms with Crippen LogP contribution in [0.1, 0.15) is 40.5 Å². The Kier molecular flexibility index (Phi) is 6.22. The van der Waals surface area contributed by atoms with E-state index in [2.05, 4.69) is 0 Å². The van der Waals surface area contributed by atoms with Crippen LogP contribution in [-0.2, 0) is 9.59 Å². The Balaban J connectivity index is 2.71. The molecule has 0 amide bonds. The third-order valence-corrected chi connectivity index (χ3v) is 3.27. The lowest BCUT2D eigenvalue weighted by atomic mass is 10.1. The highest BCUT2D eigenvalue weighted by atomic mass is 16.5. The molecule has 1 aromatic carbocycles. The van der Waals surface area contributed by atoms with Crippen LogP contribution in [0.25, 0.3) is 0 Å². The predicted molar refractivity (Wildman–Crippen MR) is 76.6 cm³/mol. The number of carbonyl (C=O) groups is 2. The fourth-order valence-corrected chi connectivity index (χ4v) is 1.37. The molecule has 0 bridgehead atoms. The fraction of sp³-hybridized carbons (Fsp3) is 0.500. The third kappa shape index (κ3) is 4.68. The van der Waals surface area contributed by atoms with Crippen LogP contribution in [0.3, 0.4) is 0 Å². The van der Waals surface area contributed by atoms with E-state index < -0.39 is 0 Å². The zero-order chi connectivity index (χ0) is 15.1. The Bertz CT molecular complexity index is 428. The van der Waals surface area contributed by atoms with Gasteiger partial charge in [0, 0.05) is 6.07 Å². The first-order chi connectivity index (χ1) is 9.47. The average Bonchev–Trinajstić information content (AvgIpc) is 2.45. The molecule has 0 saturated heterocycles. The summed E-state index contributed by atoms with van der Waals surface area (Å²) in [4.78, 5) is 23.4. The Morgan fingerprint density at radius 2 is 1.35 bits per heavy atom. The highest BCUT2D eigenvalue weighted by Crippen LogP contribution is 2.22. The maximum Gasteiger partial charge on any atom is 0.314 e. The van der Waals surface area contributed by atoms with Gasteiger partial charge in [0.2, 0.25) is 0 Å². The minimum absolute atomic E-state index is 0.152. The van der Waals surface area contributed by atoms with Crippen LogP contribution in [-0.4, -0.2) is 11.9 Å². The minimum atomic E-state index is -0.280. The number of carbonyl (C=O) groups excluding carboxylic acids is 2. The second-order valence-electron chi connectivity index (χ2n) is 4.94. The first-order valence-electron chi connectivity index (χ1n) is 7.01. The lowest BCUT2D eigenvalue weighted by molar-refractivity contribution is -0.138. The molecule has 2 atom stereocenters. The summed E-state index contributed by atoms with van der Waals surface area (Å²) in [6, 6.07) is 6.58. The number of ether oxygens (including phenoxy) is 2. The second-order valence-corrected chi connectivity index (χ2v) is 4.94. The molecule has 0 N–H and O–H groups in total. The van der Waals surface area contributed by atoms with E-state index in [9.17, 15) is 9.59 Å². The normalized spacial score (nSPS) is 13.4. The molecule has 1 aromatic rings. The molecule has 4 nitrogen and oxygen atoms in total. The van der Waals surface area contributed by atoms with Crippen molar-refractivity contribution in [1.29, 1.82) is 0 Å². The molecule has 110 valence electrons. The molecule has 20 heavy (non-hydrogen) atoms. The van der Waals surface area contributed by atoms with Crippen molar-refractivity contribution in [3.63, 3.8) is 0 Å². The van der Waals surface area contributed by atoms with Crippen molar-refractivity contribution in [3.8, 4) is 11.5 Å². The van der Waals surface area contributed by atoms with E-state index in [0.29, 0.717) is 11.5 Å². The van der Waals surface area contributed by atoms with Gasteiger partial charge in [-0.3, -0.25) is 9.59 Å². The van der Waals surface area contributed by atoms with E-state index in [-0.39, 0.29) is 23.8 Å². The molecule has 1 rings (SSSR count). The van der Waals surface area contributed by atoms with Gasteiger partial charge in [0.15, 0.2) is 0 Å². The summed E-state index contributed by atoms with van der Waals surface area (Å²) >= 11 is 0. The second kappa shape index (κ2) is 7.68. The van der Waals surface area contributed by atoms with Gasteiger partial charge in [0.25, 0.3) is 0 Å². The quantitative estimate of drug-likeness (QED) is 0.589. The minimum Gasteiger partial charge on any atom is -0.426 e. The highest BCUT2D eigenvalue weighted by Gasteiger charge is 2.15. The molecule has 0 fully saturated rings. The summed E-state index contributed by atoms with van der Waals surface area (Å²) in [5.74, 6) is -0.0760. The third-order valence-electron chi connectivity index (χ3n) is 3.27. The molecular weight excluding hydrogens is 256 g/mol. The van der Waals surface area contributed by atoms with E-state index in [1.54, 1.807) is 24.3 Å². The van der Waals surface area contributed by atoms with Crippen LogP contribution >= 0.6 is 0 Å². The molecule has 2 unspecified atom stereocenters. The SMILES string of the molecule is CCC(C)C(=O)Oc1cccc(OC(=O)C(C)CC)c1. The summed E-state index contributed by atoms with van der Waals surface area (Å²) in [5.41, 5.74) is 0. The zero-order valence-corrected chi connectivity index (χ0v) is 12.5. The molecule has 0 radical (unpaired) electrons. The molecule has 0 aliphatic heterocycles. The van der Waals surface area contributed by atoms with Gasteiger partial charge in [-0.15, -0.1) is 0 Å². The maximum atomic E-state index is 11.7. The molecule has 4 heteroatoms. The Morgan fingerprint density at radius 3 is 1.70 bits per heavy atom. The average molecular weight is 278 g/mol. The van der Waals surface area contributed by atoms with Crippen molar-refractivity contribution in [2.45, 2.75) is 40.5 Å². The largest absolute Gasteiger partial charge is 0.426 e. The summed E-state index contributed by atoms with van der Waals surface area (Å²) in [7, 11) is 0. The predicted octanol–water partition coefficient (Wildman–Crippen LogP) is 3.59. The topological polar surface area (TPSA) is 52.6 Å². The molecular formula is C16H22O4.